The van der Waals surface area contributed by atoms with Gasteiger partial charge in [-0.1, -0.05) is 42.0 Å². The summed E-state index contributed by atoms with van der Waals surface area (Å²) in [6, 6.07) is 16.9. The molecule has 0 fully saturated rings. The summed E-state index contributed by atoms with van der Waals surface area (Å²) in [6.07, 6.45) is 0. The quantitative estimate of drug-likeness (QED) is 0.748. The third kappa shape index (κ3) is 3.18. The average molecular weight is 226 g/mol. The van der Waals surface area contributed by atoms with Gasteiger partial charge in [0.1, 0.15) is 5.75 Å². The molecule has 0 saturated heterocycles. The summed E-state index contributed by atoms with van der Waals surface area (Å²) in [5.74, 6) is 0.714. The van der Waals surface area contributed by atoms with Gasteiger partial charge >= 0.3 is 0 Å². The summed E-state index contributed by atoms with van der Waals surface area (Å²) in [5, 5.41) is 0. The molecule has 0 spiro atoms. The topological polar surface area (TPSA) is 26.3 Å². The van der Waals surface area contributed by atoms with Crippen molar-refractivity contribution in [3.8, 4) is 5.75 Å². The van der Waals surface area contributed by atoms with Crippen LogP contribution in [0.5, 0.6) is 5.75 Å². The Morgan fingerprint density at radius 3 is 2.53 bits per heavy atom. The van der Waals surface area contributed by atoms with E-state index in [0.717, 1.165) is 5.56 Å². The highest BCUT2D eigenvalue weighted by molar-refractivity contribution is 5.97. The van der Waals surface area contributed by atoms with Gasteiger partial charge in [0.25, 0.3) is 0 Å². The average Bonchev–Trinajstić information content (AvgIpc) is 2.37. The van der Waals surface area contributed by atoms with Crippen molar-refractivity contribution < 1.29 is 9.53 Å². The molecule has 0 aliphatic heterocycles. The van der Waals surface area contributed by atoms with Gasteiger partial charge in [0.05, 0.1) is 0 Å². The number of ether oxygens (including phenoxy) is 1. The lowest BCUT2D eigenvalue weighted by Gasteiger charge is -2.05. The Bertz CT molecular complexity index is 503. The SMILES string of the molecule is Cc1cccc(C(=O)COc2ccccc2)c1. The molecule has 0 unspecified atom stereocenters. The molecule has 0 radical (unpaired) electrons. The fourth-order valence-corrected chi connectivity index (χ4v) is 1.57. The zero-order chi connectivity index (χ0) is 12.1. The van der Waals surface area contributed by atoms with Crippen LogP contribution in [-0.2, 0) is 0 Å². The number of ketones is 1. The summed E-state index contributed by atoms with van der Waals surface area (Å²) in [6.45, 7) is 2.04. The predicted octanol–water partition coefficient (Wildman–Crippen LogP) is 3.26. The van der Waals surface area contributed by atoms with E-state index in [4.69, 9.17) is 4.74 Å². The Morgan fingerprint density at radius 2 is 1.82 bits per heavy atom. The molecule has 2 aromatic carbocycles. The van der Waals surface area contributed by atoms with Crippen molar-refractivity contribution in [2.45, 2.75) is 6.92 Å². The maximum absolute atomic E-state index is 11.8. The number of hydrogen-bond donors (Lipinski definition) is 0. The van der Waals surface area contributed by atoms with Crippen molar-refractivity contribution in [1.29, 1.82) is 0 Å². The highest BCUT2D eigenvalue weighted by Gasteiger charge is 2.06. The monoisotopic (exact) mass is 226 g/mol. The van der Waals surface area contributed by atoms with E-state index < -0.39 is 0 Å². The van der Waals surface area contributed by atoms with Crippen molar-refractivity contribution in [3.05, 3.63) is 65.7 Å². The summed E-state index contributed by atoms with van der Waals surface area (Å²) in [7, 11) is 0. The van der Waals surface area contributed by atoms with Gasteiger partial charge < -0.3 is 4.74 Å². The summed E-state index contributed by atoms with van der Waals surface area (Å²) in [5.41, 5.74) is 1.77. The van der Waals surface area contributed by atoms with E-state index >= 15 is 0 Å². The van der Waals surface area contributed by atoms with Crippen LogP contribution in [0.25, 0.3) is 0 Å². The number of rotatable bonds is 4. The molecule has 0 aliphatic carbocycles. The van der Waals surface area contributed by atoms with Gasteiger partial charge in [0, 0.05) is 5.56 Å². The van der Waals surface area contributed by atoms with Crippen LogP contribution in [0.4, 0.5) is 0 Å². The molecule has 0 saturated carbocycles. The molecule has 0 aromatic heterocycles. The van der Waals surface area contributed by atoms with E-state index in [1.165, 1.54) is 0 Å². The van der Waals surface area contributed by atoms with Crippen LogP contribution in [0.1, 0.15) is 15.9 Å². The lowest BCUT2D eigenvalue weighted by Crippen LogP contribution is -2.11. The fraction of sp³-hybridized carbons (Fsp3) is 0.133. The number of carbonyl (C=O) groups excluding carboxylic acids is 1. The molecule has 0 atom stereocenters. The van der Waals surface area contributed by atoms with Gasteiger partial charge in [0.2, 0.25) is 0 Å². The van der Waals surface area contributed by atoms with Gasteiger partial charge in [-0.15, -0.1) is 0 Å². The van der Waals surface area contributed by atoms with Crippen LogP contribution in [0, 0.1) is 6.92 Å². The molecule has 2 aromatic rings. The van der Waals surface area contributed by atoms with E-state index in [9.17, 15) is 4.79 Å². The fourth-order valence-electron chi connectivity index (χ4n) is 1.57. The zero-order valence-electron chi connectivity index (χ0n) is 9.72. The van der Waals surface area contributed by atoms with Crippen LogP contribution in [0.2, 0.25) is 0 Å². The van der Waals surface area contributed by atoms with Gasteiger partial charge in [-0.25, -0.2) is 0 Å². The van der Waals surface area contributed by atoms with Crippen molar-refractivity contribution >= 4 is 5.78 Å². The third-order valence-corrected chi connectivity index (χ3v) is 2.45. The van der Waals surface area contributed by atoms with Crippen molar-refractivity contribution in [1.82, 2.24) is 0 Å². The van der Waals surface area contributed by atoms with Crippen LogP contribution in [0.3, 0.4) is 0 Å². The van der Waals surface area contributed by atoms with Crippen molar-refractivity contribution in [2.24, 2.45) is 0 Å². The predicted molar refractivity (Wildman–Crippen MR) is 67.4 cm³/mol. The molecule has 0 aliphatic rings. The van der Waals surface area contributed by atoms with Gasteiger partial charge in [0.15, 0.2) is 12.4 Å². The highest BCUT2D eigenvalue weighted by Crippen LogP contribution is 2.10. The Hall–Kier alpha value is -2.09. The smallest absolute Gasteiger partial charge is 0.200 e. The number of hydrogen-bond acceptors (Lipinski definition) is 2. The normalized spacial score (nSPS) is 9.94. The minimum atomic E-state index is -0.00227. The van der Waals surface area contributed by atoms with E-state index in [-0.39, 0.29) is 12.4 Å². The van der Waals surface area contributed by atoms with Crippen LogP contribution in [-0.4, -0.2) is 12.4 Å². The first-order valence-electron chi connectivity index (χ1n) is 5.53. The van der Waals surface area contributed by atoms with Gasteiger partial charge in [-0.05, 0) is 25.1 Å². The number of aryl methyl sites for hydroxylation is 1. The Balaban J connectivity index is 1.98. The third-order valence-electron chi connectivity index (χ3n) is 2.45. The molecule has 2 rings (SSSR count). The van der Waals surface area contributed by atoms with Crippen molar-refractivity contribution in [2.75, 3.05) is 6.61 Å². The maximum atomic E-state index is 11.8. The Morgan fingerprint density at radius 1 is 1.06 bits per heavy atom. The molecule has 0 heterocycles. The Labute approximate surface area is 101 Å². The lowest BCUT2D eigenvalue weighted by atomic mass is 10.1. The zero-order valence-corrected chi connectivity index (χ0v) is 9.72. The highest BCUT2D eigenvalue weighted by atomic mass is 16.5. The second-order valence-corrected chi connectivity index (χ2v) is 3.89. The Kier molecular flexibility index (Phi) is 3.55. The number of para-hydroxylation sites is 1. The largest absolute Gasteiger partial charge is 0.485 e. The summed E-state index contributed by atoms with van der Waals surface area (Å²) >= 11 is 0. The van der Waals surface area contributed by atoms with Crippen LogP contribution >= 0.6 is 0 Å². The molecule has 17 heavy (non-hydrogen) atoms. The van der Waals surface area contributed by atoms with Gasteiger partial charge in [-0.2, -0.15) is 0 Å². The number of Topliss-reactive ketones (excluding diaryl/α,β-unsaturated/α-hetero) is 1. The van der Waals surface area contributed by atoms with E-state index in [2.05, 4.69) is 0 Å². The number of benzene rings is 2. The molecule has 0 N–H and O–H groups in total. The molecule has 2 nitrogen and oxygen atoms in total. The molecular formula is C15H14O2. The maximum Gasteiger partial charge on any atom is 0.200 e. The summed E-state index contributed by atoms with van der Waals surface area (Å²) < 4.78 is 5.41. The van der Waals surface area contributed by atoms with E-state index in [0.29, 0.717) is 11.3 Å². The molecular weight excluding hydrogens is 212 g/mol. The summed E-state index contributed by atoms with van der Waals surface area (Å²) in [4.78, 5) is 11.8. The van der Waals surface area contributed by atoms with Crippen LogP contribution in [0.15, 0.2) is 54.6 Å². The standard InChI is InChI=1S/C15H14O2/c1-12-6-5-7-13(10-12)15(16)11-17-14-8-3-2-4-9-14/h2-10H,11H2,1H3. The molecule has 0 amide bonds. The first-order chi connectivity index (χ1) is 8.25. The first-order valence-corrected chi connectivity index (χ1v) is 5.53. The lowest BCUT2D eigenvalue weighted by molar-refractivity contribution is 0.0921. The van der Waals surface area contributed by atoms with Crippen LogP contribution < -0.4 is 4.74 Å². The molecule has 2 heteroatoms. The van der Waals surface area contributed by atoms with Crippen molar-refractivity contribution in [3.63, 3.8) is 0 Å². The minimum absolute atomic E-state index is 0.00227. The van der Waals surface area contributed by atoms with Gasteiger partial charge in [-0.3, -0.25) is 4.79 Å². The second-order valence-electron chi connectivity index (χ2n) is 3.89. The van der Waals surface area contributed by atoms with E-state index in [1.807, 2.05) is 61.5 Å². The molecule has 0 bridgehead atoms. The molecule has 86 valence electrons. The van der Waals surface area contributed by atoms with E-state index in [1.54, 1.807) is 0 Å². The minimum Gasteiger partial charge on any atom is -0.485 e. The first kappa shape index (κ1) is 11.4. The second kappa shape index (κ2) is 5.30. The number of carbonyl (C=O) groups is 1.